The lowest BCUT2D eigenvalue weighted by molar-refractivity contribution is 0.103. The Bertz CT molecular complexity index is 478. The van der Waals surface area contributed by atoms with Gasteiger partial charge in [-0.3, -0.25) is 9.48 Å². The Morgan fingerprint density at radius 3 is 2.75 bits per heavy atom. The van der Waals surface area contributed by atoms with E-state index in [4.69, 9.17) is 5.73 Å². The number of carbonyl (C=O) groups is 1. The number of benzene rings is 1. The van der Waals surface area contributed by atoms with Gasteiger partial charge in [-0.15, -0.1) is 5.10 Å². The molecule has 0 aliphatic heterocycles. The molecule has 0 bridgehead atoms. The van der Waals surface area contributed by atoms with Crippen LogP contribution in [0.5, 0.6) is 0 Å². The molecule has 2 aromatic rings. The molecule has 5 heteroatoms. The van der Waals surface area contributed by atoms with Gasteiger partial charge in [0.15, 0.2) is 5.69 Å². The summed E-state index contributed by atoms with van der Waals surface area (Å²) in [6.45, 7) is 1.04. The Morgan fingerprint density at radius 1 is 1.31 bits per heavy atom. The smallest absolute Gasteiger partial charge is 0.214 e. The quantitative estimate of drug-likeness (QED) is 0.754. The van der Waals surface area contributed by atoms with Crippen molar-refractivity contribution in [3.8, 4) is 0 Å². The zero-order valence-electron chi connectivity index (χ0n) is 8.71. The fraction of sp³-hybridized carbons (Fsp3) is 0.182. The van der Waals surface area contributed by atoms with Crippen LogP contribution >= 0.6 is 0 Å². The van der Waals surface area contributed by atoms with Crippen molar-refractivity contribution in [2.75, 3.05) is 6.54 Å². The Morgan fingerprint density at radius 2 is 2.06 bits per heavy atom. The molecule has 5 nitrogen and oxygen atoms in total. The minimum atomic E-state index is -0.121. The summed E-state index contributed by atoms with van der Waals surface area (Å²) in [5.41, 5.74) is 6.34. The van der Waals surface area contributed by atoms with Crippen LogP contribution in [0.25, 0.3) is 0 Å². The molecule has 0 saturated heterocycles. The Kier molecular flexibility index (Phi) is 3.07. The second kappa shape index (κ2) is 4.67. The fourth-order valence-corrected chi connectivity index (χ4v) is 1.38. The van der Waals surface area contributed by atoms with Crippen LogP contribution in [0, 0.1) is 0 Å². The van der Waals surface area contributed by atoms with E-state index >= 15 is 0 Å². The van der Waals surface area contributed by atoms with Crippen molar-refractivity contribution in [3.05, 3.63) is 47.8 Å². The molecule has 2 N–H and O–H groups in total. The van der Waals surface area contributed by atoms with Crippen molar-refractivity contribution in [3.63, 3.8) is 0 Å². The first-order chi connectivity index (χ1) is 7.81. The van der Waals surface area contributed by atoms with Gasteiger partial charge in [0.2, 0.25) is 5.78 Å². The van der Waals surface area contributed by atoms with Crippen LogP contribution in [0.15, 0.2) is 36.5 Å². The molecule has 0 aliphatic carbocycles. The predicted molar refractivity (Wildman–Crippen MR) is 59.0 cm³/mol. The van der Waals surface area contributed by atoms with Crippen LogP contribution in [0.3, 0.4) is 0 Å². The van der Waals surface area contributed by atoms with Gasteiger partial charge >= 0.3 is 0 Å². The third-order valence-corrected chi connectivity index (χ3v) is 2.17. The highest BCUT2D eigenvalue weighted by molar-refractivity contribution is 6.07. The standard InChI is InChI=1S/C11H12N4O/c12-6-7-15-8-10(13-14-15)11(16)9-4-2-1-3-5-9/h1-5,8H,6-7,12H2. The van der Waals surface area contributed by atoms with Gasteiger partial charge in [-0.2, -0.15) is 0 Å². The topological polar surface area (TPSA) is 73.8 Å². The van der Waals surface area contributed by atoms with Crippen LogP contribution in [0.1, 0.15) is 16.1 Å². The van der Waals surface area contributed by atoms with Crippen LogP contribution < -0.4 is 5.73 Å². The minimum absolute atomic E-state index is 0.121. The summed E-state index contributed by atoms with van der Waals surface area (Å²) in [7, 11) is 0. The number of aromatic nitrogens is 3. The van der Waals surface area contributed by atoms with E-state index in [-0.39, 0.29) is 5.78 Å². The van der Waals surface area contributed by atoms with E-state index in [1.54, 1.807) is 23.0 Å². The van der Waals surface area contributed by atoms with E-state index in [1.807, 2.05) is 18.2 Å². The minimum Gasteiger partial charge on any atom is -0.329 e. The zero-order valence-corrected chi connectivity index (χ0v) is 8.71. The van der Waals surface area contributed by atoms with Crippen molar-refractivity contribution in [2.24, 2.45) is 5.73 Å². The van der Waals surface area contributed by atoms with E-state index in [1.165, 1.54) is 0 Å². The van der Waals surface area contributed by atoms with Crippen molar-refractivity contribution in [1.29, 1.82) is 0 Å². The van der Waals surface area contributed by atoms with Gasteiger partial charge in [-0.05, 0) is 0 Å². The van der Waals surface area contributed by atoms with Crippen LogP contribution in [-0.2, 0) is 6.54 Å². The van der Waals surface area contributed by atoms with E-state index in [0.717, 1.165) is 0 Å². The van der Waals surface area contributed by atoms with Gasteiger partial charge in [-0.25, -0.2) is 0 Å². The maximum absolute atomic E-state index is 11.9. The highest BCUT2D eigenvalue weighted by Gasteiger charge is 2.12. The largest absolute Gasteiger partial charge is 0.329 e. The molecule has 1 aromatic carbocycles. The average molecular weight is 216 g/mol. The molecule has 0 radical (unpaired) electrons. The van der Waals surface area contributed by atoms with Gasteiger partial charge in [0.05, 0.1) is 12.7 Å². The number of rotatable bonds is 4. The number of nitrogens with zero attached hydrogens (tertiary/aromatic N) is 3. The summed E-state index contributed by atoms with van der Waals surface area (Å²) < 4.78 is 1.57. The molecule has 0 spiro atoms. The molecular formula is C11H12N4O. The SMILES string of the molecule is NCCn1cc(C(=O)c2ccccc2)nn1. The summed E-state index contributed by atoms with van der Waals surface area (Å²) in [6.07, 6.45) is 1.61. The summed E-state index contributed by atoms with van der Waals surface area (Å²) in [4.78, 5) is 11.9. The van der Waals surface area contributed by atoms with Gasteiger partial charge in [0.25, 0.3) is 0 Å². The first-order valence-electron chi connectivity index (χ1n) is 5.01. The maximum Gasteiger partial charge on any atom is 0.214 e. The highest BCUT2D eigenvalue weighted by atomic mass is 16.1. The van der Waals surface area contributed by atoms with Crippen LogP contribution in [0.2, 0.25) is 0 Å². The number of nitrogens with two attached hydrogens (primary N) is 1. The number of ketones is 1. The molecule has 0 saturated carbocycles. The molecule has 0 unspecified atom stereocenters. The van der Waals surface area contributed by atoms with Crippen molar-refractivity contribution >= 4 is 5.78 Å². The molecule has 1 heterocycles. The summed E-state index contributed by atoms with van der Waals surface area (Å²) >= 11 is 0. The molecule has 0 atom stereocenters. The third kappa shape index (κ3) is 2.14. The molecule has 0 fully saturated rings. The normalized spacial score (nSPS) is 10.3. The Hall–Kier alpha value is -2.01. The lowest BCUT2D eigenvalue weighted by atomic mass is 10.1. The Balaban J connectivity index is 2.21. The third-order valence-electron chi connectivity index (χ3n) is 2.17. The number of carbonyl (C=O) groups excluding carboxylic acids is 1. The summed E-state index contributed by atoms with van der Waals surface area (Å²) in [5, 5.41) is 7.64. The lowest BCUT2D eigenvalue weighted by Gasteiger charge is -1.95. The monoisotopic (exact) mass is 216 g/mol. The maximum atomic E-state index is 11.9. The molecule has 1 aromatic heterocycles. The van der Waals surface area contributed by atoms with Crippen LogP contribution in [0.4, 0.5) is 0 Å². The van der Waals surface area contributed by atoms with E-state index < -0.39 is 0 Å². The first kappa shape index (κ1) is 10.5. The van der Waals surface area contributed by atoms with Crippen LogP contribution in [-0.4, -0.2) is 27.3 Å². The summed E-state index contributed by atoms with van der Waals surface area (Å²) in [6, 6.07) is 9.01. The van der Waals surface area contributed by atoms with Crippen molar-refractivity contribution < 1.29 is 4.79 Å². The molecule has 2 rings (SSSR count). The second-order valence-corrected chi connectivity index (χ2v) is 3.35. The highest BCUT2D eigenvalue weighted by Crippen LogP contribution is 2.06. The molecular weight excluding hydrogens is 204 g/mol. The van der Waals surface area contributed by atoms with E-state index in [9.17, 15) is 4.79 Å². The van der Waals surface area contributed by atoms with Crippen molar-refractivity contribution in [2.45, 2.75) is 6.54 Å². The zero-order chi connectivity index (χ0) is 11.4. The van der Waals surface area contributed by atoms with E-state index in [2.05, 4.69) is 10.3 Å². The second-order valence-electron chi connectivity index (χ2n) is 3.35. The predicted octanol–water partition coefficient (Wildman–Crippen LogP) is 0.468. The first-order valence-corrected chi connectivity index (χ1v) is 5.01. The van der Waals surface area contributed by atoms with Gasteiger partial charge in [0.1, 0.15) is 0 Å². The summed E-state index contributed by atoms with van der Waals surface area (Å²) in [5.74, 6) is -0.121. The van der Waals surface area contributed by atoms with Crippen molar-refractivity contribution in [1.82, 2.24) is 15.0 Å². The average Bonchev–Trinajstić information content (AvgIpc) is 2.78. The van der Waals surface area contributed by atoms with Gasteiger partial charge in [-0.1, -0.05) is 35.5 Å². The number of hydrogen-bond acceptors (Lipinski definition) is 4. The Labute approximate surface area is 92.9 Å². The lowest BCUT2D eigenvalue weighted by Crippen LogP contribution is -2.10. The molecule has 82 valence electrons. The number of hydrogen-bond donors (Lipinski definition) is 1. The van der Waals surface area contributed by atoms with Gasteiger partial charge in [0, 0.05) is 12.1 Å². The molecule has 0 amide bonds. The molecule has 0 aliphatic rings. The van der Waals surface area contributed by atoms with Gasteiger partial charge < -0.3 is 5.73 Å². The fourth-order valence-electron chi connectivity index (χ4n) is 1.38. The molecule has 16 heavy (non-hydrogen) atoms. The van der Waals surface area contributed by atoms with E-state index in [0.29, 0.717) is 24.3 Å².